The molecule has 3 aliphatic rings. The predicted octanol–water partition coefficient (Wildman–Crippen LogP) is 3.98. The van der Waals surface area contributed by atoms with Crippen LogP contribution in [0.25, 0.3) is 0 Å². The molecule has 0 aliphatic heterocycles. The standard InChI is InChI=1S/C16H29N/c1-2-4-13(5-3-1)8-9-17-12-16-11-14-6-7-15(16)10-14/h13-17H,1-12H2. The van der Waals surface area contributed by atoms with E-state index in [1.807, 2.05) is 0 Å². The molecule has 17 heavy (non-hydrogen) atoms. The van der Waals surface area contributed by atoms with Gasteiger partial charge in [-0.25, -0.2) is 0 Å². The van der Waals surface area contributed by atoms with Crippen LogP contribution >= 0.6 is 0 Å². The molecule has 1 N–H and O–H groups in total. The zero-order valence-corrected chi connectivity index (χ0v) is 11.3. The van der Waals surface area contributed by atoms with Crippen molar-refractivity contribution in [2.75, 3.05) is 13.1 Å². The largest absolute Gasteiger partial charge is 0.316 e. The Kier molecular flexibility index (Phi) is 4.05. The van der Waals surface area contributed by atoms with Crippen LogP contribution in [0.2, 0.25) is 0 Å². The van der Waals surface area contributed by atoms with Gasteiger partial charge in [0.25, 0.3) is 0 Å². The minimum atomic E-state index is 1.04. The summed E-state index contributed by atoms with van der Waals surface area (Å²) in [6.07, 6.45) is 15.1. The van der Waals surface area contributed by atoms with Gasteiger partial charge in [-0.05, 0) is 62.4 Å². The van der Waals surface area contributed by atoms with Crippen molar-refractivity contribution >= 4 is 0 Å². The molecule has 3 aliphatic carbocycles. The van der Waals surface area contributed by atoms with E-state index in [0.717, 1.165) is 23.7 Å². The van der Waals surface area contributed by atoms with Crippen LogP contribution < -0.4 is 5.32 Å². The van der Waals surface area contributed by atoms with E-state index in [9.17, 15) is 0 Å². The number of hydrogen-bond donors (Lipinski definition) is 1. The highest BCUT2D eigenvalue weighted by molar-refractivity contribution is 4.90. The molecule has 3 fully saturated rings. The first-order chi connectivity index (χ1) is 8.42. The van der Waals surface area contributed by atoms with E-state index in [-0.39, 0.29) is 0 Å². The summed E-state index contributed by atoms with van der Waals surface area (Å²) in [6, 6.07) is 0. The second-order valence-electron chi connectivity index (χ2n) is 6.93. The van der Waals surface area contributed by atoms with Crippen LogP contribution in [-0.2, 0) is 0 Å². The number of rotatable bonds is 5. The summed E-state index contributed by atoms with van der Waals surface area (Å²) >= 11 is 0. The quantitative estimate of drug-likeness (QED) is 0.711. The first kappa shape index (κ1) is 12.0. The zero-order chi connectivity index (χ0) is 11.5. The summed E-state index contributed by atoms with van der Waals surface area (Å²) in [6.45, 7) is 2.62. The molecule has 1 heteroatoms. The first-order valence-corrected chi connectivity index (χ1v) is 8.12. The lowest BCUT2D eigenvalue weighted by Crippen LogP contribution is -2.28. The average Bonchev–Trinajstić information content (AvgIpc) is 2.98. The van der Waals surface area contributed by atoms with Crippen LogP contribution in [0.5, 0.6) is 0 Å². The van der Waals surface area contributed by atoms with Gasteiger partial charge in [0.2, 0.25) is 0 Å². The van der Waals surface area contributed by atoms with Crippen LogP contribution in [-0.4, -0.2) is 13.1 Å². The van der Waals surface area contributed by atoms with Crippen LogP contribution in [0.1, 0.15) is 64.2 Å². The van der Waals surface area contributed by atoms with E-state index in [1.54, 1.807) is 25.7 Å². The highest BCUT2D eigenvalue weighted by Gasteiger charge is 2.38. The maximum absolute atomic E-state index is 3.76. The number of hydrogen-bond acceptors (Lipinski definition) is 1. The smallest absolute Gasteiger partial charge is 0.00178 e. The molecule has 0 saturated heterocycles. The topological polar surface area (TPSA) is 12.0 Å². The van der Waals surface area contributed by atoms with Crippen LogP contribution in [0, 0.1) is 23.7 Å². The van der Waals surface area contributed by atoms with Gasteiger partial charge in [0.1, 0.15) is 0 Å². The second-order valence-corrected chi connectivity index (χ2v) is 6.93. The Morgan fingerprint density at radius 2 is 1.76 bits per heavy atom. The fourth-order valence-corrected chi connectivity index (χ4v) is 4.70. The fraction of sp³-hybridized carbons (Fsp3) is 1.00. The molecule has 0 heterocycles. The minimum Gasteiger partial charge on any atom is -0.316 e. The van der Waals surface area contributed by atoms with Gasteiger partial charge in [0.15, 0.2) is 0 Å². The Hall–Kier alpha value is -0.0400. The molecular weight excluding hydrogens is 206 g/mol. The molecule has 2 bridgehead atoms. The highest BCUT2D eigenvalue weighted by atomic mass is 14.9. The Morgan fingerprint density at radius 3 is 2.47 bits per heavy atom. The number of nitrogens with one attached hydrogen (secondary N) is 1. The molecule has 3 unspecified atom stereocenters. The predicted molar refractivity (Wildman–Crippen MR) is 73.0 cm³/mol. The number of fused-ring (bicyclic) bond motifs is 2. The molecular formula is C16H29N. The fourth-order valence-electron chi connectivity index (χ4n) is 4.70. The molecule has 98 valence electrons. The molecule has 1 nitrogen and oxygen atoms in total. The van der Waals surface area contributed by atoms with Crippen LogP contribution in [0.15, 0.2) is 0 Å². The van der Waals surface area contributed by atoms with Crippen molar-refractivity contribution < 1.29 is 0 Å². The van der Waals surface area contributed by atoms with E-state index in [2.05, 4.69) is 5.32 Å². The maximum Gasteiger partial charge on any atom is -0.00178 e. The molecule has 0 aromatic rings. The lowest BCUT2D eigenvalue weighted by Gasteiger charge is -2.24. The summed E-state index contributed by atoms with van der Waals surface area (Å²) in [5.74, 6) is 4.31. The maximum atomic E-state index is 3.76. The monoisotopic (exact) mass is 235 g/mol. The van der Waals surface area contributed by atoms with Gasteiger partial charge in [0, 0.05) is 0 Å². The van der Waals surface area contributed by atoms with Crippen molar-refractivity contribution in [1.82, 2.24) is 5.32 Å². The van der Waals surface area contributed by atoms with Gasteiger partial charge in [-0.3, -0.25) is 0 Å². The van der Waals surface area contributed by atoms with Gasteiger partial charge < -0.3 is 5.32 Å². The Bertz CT molecular complexity index is 232. The SMILES string of the molecule is C1CCC(CCNCC2CC3CCC2C3)CC1. The van der Waals surface area contributed by atoms with Gasteiger partial charge in [0.05, 0.1) is 0 Å². The first-order valence-electron chi connectivity index (χ1n) is 8.12. The third kappa shape index (κ3) is 3.05. The molecule has 3 rings (SSSR count). The summed E-state index contributed by atoms with van der Waals surface area (Å²) in [5.41, 5.74) is 0. The van der Waals surface area contributed by atoms with Crippen molar-refractivity contribution in [3.63, 3.8) is 0 Å². The summed E-state index contributed by atoms with van der Waals surface area (Å²) in [5, 5.41) is 3.76. The molecule has 0 aromatic carbocycles. The van der Waals surface area contributed by atoms with Gasteiger partial charge in [-0.1, -0.05) is 38.5 Å². The van der Waals surface area contributed by atoms with Gasteiger partial charge >= 0.3 is 0 Å². The third-order valence-corrected chi connectivity index (χ3v) is 5.75. The Labute approximate surface area is 107 Å². The summed E-state index contributed by atoms with van der Waals surface area (Å²) in [4.78, 5) is 0. The van der Waals surface area contributed by atoms with Crippen molar-refractivity contribution in [2.45, 2.75) is 64.2 Å². The lowest BCUT2D eigenvalue weighted by atomic mass is 9.86. The summed E-state index contributed by atoms with van der Waals surface area (Å²) < 4.78 is 0. The van der Waals surface area contributed by atoms with E-state index in [0.29, 0.717) is 0 Å². The summed E-state index contributed by atoms with van der Waals surface area (Å²) in [7, 11) is 0. The molecule has 3 saturated carbocycles. The minimum absolute atomic E-state index is 1.04. The van der Waals surface area contributed by atoms with E-state index in [4.69, 9.17) is 0 Å². The molecule has 0 aromatic heterocycles. The molecule has 0 spiro atoms. The third-order valence-electron chi connectivity index (χ3n) is 5.75. The van der Waals surface area contributed by atoms with E-state index < -0.39 is 0 Å². The molecule has 0 radical (unpaired) electrons. The van der Waals surface area contributed by atoms with Gasteiger partial charge in [-0.15, -0.1) is 0 Å². The van der Waals surface area contributed by atoms with E-state index in [1.165, 1.54) is 51.6 Å². The Balaban J connectivity index is 1.28. The van der Waals surface area contributed by atoms with Crippen molar-refractivity contribution in [1.29, 1.82) is 0 Å². The average molecular weight is 235 g/mol. The van der Waals surface area contributed by atoms with Gasteiger partial charge in [-0.2, -0.15) is 0 Å². The van der Waals surface area contributed by atoms with E-state index >= 15 is 0 Å². The highest BCUT2D eigenvalue weighted by Crippen LogP contribution is 2.47. The van der Waals surface area contributed by atoms with Crippen molar-refractivity contribution in [3.8, 4) is 0 Å². The van der Waals surface area contributed by atoms with Crippen LogP contribution in [0.4, 0.5) is 0 Å². The Morgan fingerprint density at radius 1 is 0.882 bits per heavy atom. The lowest BCUT2D eigenvalue weighted by molar-refractivity contribution is 0.301. The normalized spacial score (nSPS) is 37.8. The molecule has 0 amide bonds. The van der Waals surface area contributed by atoms with Crippen molar-refractivity contribution in [3.05, 3.63) is 0 Å². The second kappa shape index (κ2) is 5.73. The van der Waals surface area contributed by atoms with Crippen LogP contribution in [0.3, 0.4) is 0 Å². The van der Waals surface area contributed by atoms with Crippen molar-refractivity contribution in [2.24, 2.45) is 23.7 Å². The molecule has 3 atom stereocenters. The zero-order valence-electron chi connectivity index (χ0n) is 11.3.